The zero-order valence-corrected chi connectivity index (χ0v) is 11.1. The van der Waals surface area contributed by atoms with Crippen molar-refractivity contribution in [1.82, 2.24) is 5.32 Å². The summed E-state index contributed by atoms with van der Waals surface area (Å²) in [4.78, 5) is 24.4. The van der Waals surface area contributed by atoms with Gasteiger partial charge in [0.25, 0.3) is 0 Å². The van der Waals surface area contributed by atoms with Crippen molar-refractivity contribution in [2.45, 2.75) is 25.9 Å². The minimum absolute atomic E-state index is 0.106. The van der Waals surface area contributed by atoms with Gasteiger partial charge in [-0.1, -0.05) is 12.1 Å². The Bertz CT molecular complexity index is 511. The van der Waals surface area contributed by atoms with Gasteiger partial charge in [-0.25, -0.2) is 0 Å². The van der Waals surface area contributed by atoms with Gasteiger partial charge in [0, 0.05) is 19.3 Å². The van der Waals surface area contributed by atoms with E-state index >= 15 is 0 Å². The molecule has 5 heteroatoms. The Hall–Kier alpha value is -1.88. The lowest BCUT2D eigenvalue weighted by Crippen LogP contribution is -2.33. The van der Waals surface area contributed by atoms with Gasteiger partial charge in [0.15, 0.2) is 0 Å². The Morgan fingerprint density at radius 3 is 2.95 bits per heavy atom. The number of anilines is 1. The summed E-state index contributed by atoms with van der Waals surface area (Å²) in [7, 11) is 1.77. The molecule has 1 unspecified atom stereocenters. The first kappa shape index (κ1) is 13.5. The van der Waals surface area contributed by atoms with Crippen LogP contribution in [0.1, 0.15) is 18.1 Å². The van der Waals surface area contributed by atoms with Gasteiger partial charge in [0.05, 0.1) is 6.42 Å². The smallest absolute Gasteiger partial charge is 0.248 e. The summed E-state index contributed by atoms with van der Waals surface area (Å²) in [6, 6.07) is 5.90. The molecule has 0 fully saturated rings. The number of aliphatic hydroxyl groups is 1. The minimum atomic E-state index is -0.980. The van der Waals surface area contributed by atoms with Crippen molar-refractivity contribution in [1.29, 1.82) is 0 Å². The molecule has 102 valence electrons. The van der Waals surface area contributed by atoms with Crippen molar-refractivity contribution in [3.8, 4) is 0 Å². The third-order valence-corrected chi connectivity index (χ3v) is 3.31. The van der Waals surface area contributed by atoms with Gasteiger partial charge in [-0.2, -0.15) is 0 Å². The quantitative estimate of drug-likeness (QED) is 0.817. The van der Waals surface area contributed by atoms with Gasteiger partial charge in [-0.15, -0.1) is 0 Å². The van der Waals surface area contributed by atoms with E-state index in [-0.39, 0.29) is 11.8 Å². The van der Waals surface area contributed by atoms with Crippen molar-refractivity contribution in [3.05, 3.63) is 29.3 Å². The summed E-state index contributed by atoms with van der Waals surface area (Å²) in [6.07, 6.45) is 0.148. The monoisotopic (exact) mass is 262 g/mol. The molecular weight excluding hydrogens is 244 g/mol. The van der Waals surface area contributed by atoms with E-state index in [0.29, 0.717) is 19.4 Å². The largest absolute Gasteiger partial charge is 0.384 e. The molecule has 0 saturated carbocycles. The highest BCUT2D eigenvalue weighted by Crippen LogP contribution is 2.28. The molecule has 0 aliphatic carbocycles. The predicted octanol–water partition coefficient (Wildman–Crippen LogP) is 0.245. The lowest BCUT2D eigenvalue weighted by molar-refractivity contribution is -0.128. The van der Waals surface area contributed by atoms with Gasteiger partial charge in [0.1, 0.15) is 6.10 Å². The summed E-state index contributed by atoms with van der Waals surface area (Å²) in [5, 5.41) is 11.7. The Morgan fingerprint density at radius 1 is 1.53 bits per heavy atom. The van der Waals surface area contributed by atoms with Crippen molar-refractivity contribution in [2.24, 2.45) is 0 Å². The fourth-order valence-corrected chi connectivity index (χ4v) is 2.16. The molecule has 2 N–H and O–H groups in total. The molecular formula is C14H18N2O3. The van der Waals surface area contributed by atoms with E-state index in [4.69, 9.17) is 5.11 Å². The Labute approximate surface area is 112 Å². The molecule has 1 aromatic carbocycles. The summed E-state index contributed by atoms with van der Waals surface area (Å²) in [5.41, 5.74) is 3.07. The predicted molar refractivity (Wildman–Crippen MR) is 72.0 cm³/mol. The van der Waals surface area contributed by atoms with Crippen molar-refractivity contribution in [2.75, 3.05) is 18.5 Å². The van der Waals surface area contributed by atoms with E-state index in [0.717, 1.165) is 16.8 Å². The molecule has 0 saturated heterocycles. The fourth-order valence-electron chi connectivity index (χ4n) is 2.16. The first-order valence-electron chi connectivity index (χ1n) is 6.33. The lowest BCUT2D eigenvalue weighted by atomic mass is 10.1. The van der Waals surface area contributed by atoms with Crippen LogP contribution in [0.5, 0.6) is 0 Å². The van der Waals surface area contributed by atoms with E-state index in [9.17, 15) is 9.59 Å². The van der Waals surface area contributed by atoms with Gasteiger partial charge in [0.2, 0.25) is 11.8 Å². The van der Waals surface area contributed by atoms with Crippen molar-refractivity contribution >= 4 is 17.5 Å². The third kappa shape index (κ3) is 2.93. The minimum Gasteiger partial charge on any atom is -0.384 e. The normalized spacial score (nSPS) is 15.3. The summed E-state index contributed by atoms with van der Waals surface area (Å²) >= 11 is 0. The number of fused-ring (bicyclic) bond motifs is 1. The summed E-state index contributed by atoms with van der Waals surface area (Å²) < 4.78 is 0. The molecule has 19 heavy (non-hydrogen) atoms. The van der Waals surface area contributed by atoms with Crippen molar-refractivity contribution < 1.29 is 14.7 Å². The first-order chi connectivity index (χ1) is 8.99. The zero-order chi connectivity index (χ0) is 14.0. The number of carbonyl (C=O) groups is 2. The lowest BCUT2D eigenvalue weighted by Gasteiger charge is -2.11. The highest BCUT2D eigenvalue weighted by Gasteiger charge is 2.23. The molecule has 0 bridgehead atoms. The second-order valence-corrected chi connectivity index (χ2v) is 4.81. The van der Waals surface area contributed by atoms with E-state index in [1.165, 1.54) is 6.92 Å². The Balaban J connectivity index is 1.95. The highest BCUT2D eigenvalue weighted by molar-refractivity contribution is 6.00. The number of benzene rings is 1. The Kier molecular flexibility index (Phi) is 3.85. The molecule has 1 aliphatic heterocycles. The number of rotatable bonds is 4. The number of carbonyl (C=O) groups excluding carboxylic acids is 2. The Morgan fingerprint density at radius 2 is 2.26 bits per heavy atom. The number of hydrogen-bond acceptors (Lipinski definition) is 3. The standard InChI is InChI=1S/C14H18N2O3/c1-9(17)14(19)15-6-5-10-3-4-12-11(7-10)8-13(18)16(12)2/h3-4,7,9,17H,5-6,8H2,1-2H3,(H,15,19). The zero-order valence-electron chi connectivity index (χ0n) is 11.1. The van der Waals surface area contributed by atoms with Crippen LogP contribution in [-0.2, 0) is 22.4 Å². The third-order valence-electron chi connectivity index (χ3n) is 3.31. The van der Waals surface area contributed by atoms with E-state index in [2.05, 4.69) is 5.32 Å². The molecule has 1 aliphatic rings. The number of hydrogen-bond donors (Lipinski definition) is 2. The fraction of sp³-hybridized carbons (Fsp3) is 0.429. The maximum atomic E-state index is 11.6. The molecule has 5 nitrogen and oxygen atoms in total. The van der Waals surface area contributed by atoms with Crippen LogP contribution in [0.15, 0.2) is 18.2 Å². The first-order valence-corrected chi connectivity index (χ1v) is 6.33. The average Bonchev–Trinajstić information content (AvgIpc) is 2.64. The van der Waals surface area contributed by atoms with Crippen LogP contribution in [0.3, 0.4) is 0 Å². The molecule has 1 heterocycles. The second-order valence-electron chi connectivity index (χ2n) is 4.81. The number of aliphatic hydroxyl groups excluding tert-OH is 1. The highest BCUT2D eigenvalue weighted by atomic mass is 16.3. The van der Waals surface area contributed by atoms with Crippen LogP contribution < -0.4 is 10.2 Å². The van der Waals surface area contributed by atoms with Crippen LogP contribution in [-0.4, -0.2) is 36.6 Å². The maximum Gasteiger partial charge on any atom is 0.248 e. The molecule has 0 spiro atoms. The van der Waals surface area contributed by atoms with Gasteiger partial charge >= 0.3 is 0 Å². The molecule has 0 radical (unpaired) electrons. The molecule has 1 atom stereocenters. The number of nitrogens with zero attached hydrogens (tertiary/aromatic N) is 1. The van der Waals surface area contributed by atoms with E-state index in [1.807, 2.05) is 18.2 Å². The van der Waals surface area contributed by atoms with E-state index < -0.39 is 6.10 Å². The van der Waals surface area contributed by atoms with Gasteiger partial charge in [-0.3, -0.25) is 9.59 Å². The van der Waals surface area contributed by atoms with Crippen LogP contribution in [0.2, 0.25) is 0 Å². The summed E-state index contributed by atoms with van der Waals surface area (Å²) in [6.45, 7) is 1.92. The van der Waals surface area contributed by atoms with Gasteiger partial charge in [-0.05, 0) is 30.5 Å². The number of amides is 2. The second kappa shape index (κ2) is 5.40. The summed E-state index contributed by atoms with van der Waals surface area (Å²) in [5.74, 6) is -0.259. The molecule has 2 rings (SSSR count). The molecule has 1 aromatic rings. The SMILES string of the molecule is CC(O)C(=O)NCCc1ccc2c(c1)CC(=O)N2C. The topological polar surface area (TPSA) is 69.6 Å². The van der Waals surface area contributed by atoms with Crippen molar-refractivity contribution in [3.63, 3.8) is 0 Å². The number of likely N-dealkylation sites (N-methyl/N-ethyl adjacent to an activating group) is 1. The average molecular weight is 262 g/mol. The molecule has 0 aromatic heterocycles. The van der Waals surface area contributed by atoms with E-state index in [1.54, 1.807) is 11.9 Å². The van der Waals surface area contributed by atoms with Crippen LogP contribution in [0, 0.1) is 0 Å². The maximum absolute atomic E-state index is 11.6. The molecule has 2 amide bonds. The van der Waals surface area contributed by atoms with Crippen LogP contribution in [0.25, 0.3) is 0 Å². The van der Waals surface area contributed by atoms with Crippen LogP contribution in [0.4, 0.5) is 5.69 Å². The number of nitrogens with one attached hydrogen (secondary N) is 1. The van der Waals surface area contributed by atoms with Crippen LogP contribution >= 0.6 is 0 Å². The van der Waals surface area contributed by atoms with Gasteiger partial charge < -0.3 is 15.3 Å².